The lowest BCUT2D eigenvalue weighted by molar-refractivity contribution is 0.102. The van der Waals surface area contributed by atoms with Crippen molar-refractivity contribution in [2.75, 3.05) is 11.6 Å². The zero-order valence-electron chi connectivity index (χ0n) is 13.5. The molecule has 5 heteroatoms. The van der Waals surface area contributed by atoms with Gasteiger partial charge in [-0.3, -0.25) is 4.79 Å². The number of Topliss-reactive ketones (excluding diaryl/α,β-unsaturated/α-hetero) is 1. The van der Waals surface area contributed by atoms with Crippen molar-refractivity contribution in [1.29, 1.82) is 0 Å². The number of ketones is 1. The Morgan fingerprint density at radius 2 is 1.83 bits per heavy atom. The molecule has 2 aromatic carbocycles. The van der Waals surface area contributed by atoms with E-state index in [9.17, 15) is 4.79 Å². The fourth-order valence-corrected chi connectivity index (χ4v) is 3.16. The largest absolute Gasteiger partial charge is 0.337 e. The molecule has 0 saturated heterocycles. The van der Waals surface area contributed by atoms with Gasteiger partial charge in [-0.15, -0.1) is 0 Å². The summed E-state index contributed by atoms with van der Waals surface area (Å²) in [5, 5.41) is 0.632. The first-order valence-electron chi connectivity index (χ1n) is 7.82. The molecule has 0 saturated carbocycles. The summed E-state index contributed by atoms with van der Waals surface area (Å²) in [4.78, 5) is 16.8. The van der Waals surface area contributed by atoms with Crippen molar-refractivity contribution in [3.63, 3.8) is 0 Å². The summed E-state index contributed by atoms with van der Waals surface area (Å²) >= 11 is 1.35. The van der Waals surface area contributed by atoms with Crippen molar-refractivity contribution in [3.05, 3.63) is 71.9 Å². The summed E-state index contributed by atoms with van der Waals surface area (Å²) in [5.74, 6) is 6.35. The van der Waals surface area contributed by atoms with Gasteiger partial charge in [0.1, 0.15) is 0 Å². The van der Waals surface area contributed by atoms with Crippen molar-refractivity contribution >= 4 is 17.5 Å². The van der Waals surface area contributed by atoms with Gasteiger partial charge >= 0.3 is 0 Å². The van der Waals surface area contributed by atoms with E-state index in [0.717, 1.165) is 23.2 Å². The average Bonchev–Trinajstić information content (AvgIpc) is 3.01. The van der Waals surface area contributed by atoms with Crippen LogP contribution in [-0.4, -0.2) is 21.2 Å². The lowest BCUT2D eigenvalue weighted by Gasteiger charge is -2.03. The molecule has 1 heterocycles. The molecule has 3 aromatic rings. The van der Waals surface area contributed by atoms with Crippen molar-refractivity contribution in [1.82, 2.24) is 9.66 Å². The molecule has 0 atom stereocenters. The van der Waals surface area contributed by atoms with Crippen LogP contribution in [0.25, 0.3) is 11.3 Å². The number of carbonyl (C=O) groups excluding carboxylic acids is 1. The van der Waals surface area contributed by atoms with Crippen LogP contribution in [0.5, 0.6) is 0 Å². The number of aromatic nitrogens is 2. The van der Waals surface area contributed by atoms with E-state index in [0.29, 0.717) is 10.9 Å². The molecule has 0 spiro atoms. The fourth-order valence-electron chi connectivity index (χ4n) is 2.37. The highest BCUT2D eigenvalue weighted by Gasteiger charge is 2.12. The Kier molecular flexibility index (Phi) is 5.01. The highest BCUT2D eigenvalue weighted by molar-refractivity contribution is 7.99. The van der Waals surface area contributed by atoms with Gasteiger partial charge < -0.3 is 5.84 Å². The minimum Gasteiger partial charge on any atom is -0.337 e. The van der Waals surface area contributed by atoms with Crippen LogP contribution < -0.4 is 5.84 Å². The molecule has 0 bridgehead atoms. The van der Waals surface area contributed by atoms with Crippen LogP contribution in [0.3, 0.4) is 0 Å². The molecule has 0 aliphatic rings. The molecule has 0 amide bonds. The number of hydrogen-bond donors (Lipinski definition) is 1. The summed E-state index contributed by atoms with van der Waals surface area (Å²) < 4.78 is 1.47. The van der Waals surface area contributed by atoms with E-state index in [2.05, 4.69) is 11.9 Å². The van der Waals surface area contributed by atoms with Crippen LogP contribution >= 0.6 is 11.8 Å². The van der Waals surface area contributed by atoms with Crippen LogP contribution in [0, 0.1) is 0 Å². The topological polar surface area (TPSA) is 60.9 Å². The third-order valence-corrected chi connectivity index (χ3v) is 4.75. The predicted molar refractivity (Wildman–Crippen MR) is 98.7 cm³/mol. The van der Waals surface area contributed by atoms with Crippen molar-refractivity contribution < 1.29 is 4.79 Å². The molecule has 3 rings (SSSR count). The van der Waals surface area contributed by atoms with Gasteiger partial charge in [0.2, 0.25) is 0 Å². The molecule has 1 aromatic heterocycles. The third kappa shape index (κ3) is 3.68. The van der Waals surface area contributed by atoms with E-state index in [1.807, 2.05) is 54.6 Å². The van der Waals surface area contributed by atoms with Gasteiger partial charge in [0.25, 0.3) is 0 Å². The Labute approximate surface area is 145 Å². The molecule has 2 N–H and O–H groups in total. The molecule has 0 aliphatic carbocycles. The smallest absolute Gasteiger partial charge is 0.187 e. The summed E-state index contributed by atoms with van der Waals surface area (Å²) in [7, 11) is 0. The van der Waals surface area contributed by atoms with Crippen LogP contribution in [-0.2, 0) is 6.42 Å². The molecule has 122 valence electrons. The first-order valence-corrected chi connectivity index (χ1v) is 8.80. The molecular weight excluding hydrogens is 318 g/mol. The zero-order valence-corrected chi connectivity index (χ0v) is 14.3. The van der Waals surface area contributed by atoms with Gasteiger partial charge in [-0.25, -0.2) is 9.66 Å². The lowest BCUT2D eigenvalue weighted by atomic mass is 10.1. The van der Waals surface area contributed by atoms with E-state index in [-0.39, 0.29) is 5.78 Å². The number of aryl methyl sites for hydroxylation is 1. The maximum atomic E-state index is 12.3. The minimum atomic E-state index is 0.0758. The number of nitrogens with two attached hydrogens (primary N) is 1. The second-order valence-corrected chi connectivity index (χ2v) is 6.39. The zero-order chi connectivity index (χ0) is 16.9. The number of rotatable bonds is 6. The third-order valence-electron chi connectivity index (χ3n) is 3.78. The molecule has 0 radical (unpaired) electrons. The Morgan fingerprint density at radius 3 is 2.50 bits per heavy atom. The Morgan fingerprint density at radius 1 is 1.12 bits per heavy atom. The van der Waals surface area contributed by atoms with Gasteiger partial charge in [0.05, 0.1) is 17.6 Å². The second-order valence-electron chi connectivity index (χ2n) is 5.44. The van der Waals surface area contributed by atoms with Crippen LogP contribution in [0.1, 0.15) is 22.8 Å². The van der Waals surface area contributed by atoms with Crippen molar-refractivity contribution in [2.45, 2.75) is 18.5 Å². The van der Waals surface area contributed by atoms with E-state index < -0.39 is 0 Å². The van der Waals surface area contributed by atoms with Crippen LogP contribution in [0.15, 0.2) is 66.0 Å². The maximum absolute atomic E-state index is 12.3. The lowest BCUT2D eigenvalue weighted by Crippen LogP contribution is -2.09. The van der Waals surface area contributed by atoms with Gasteiger partial charge in [-0.1, -0.05) is 73.3 Å². The number of nitrogens with zero attached hydrogens (tertiary/aromatic N) is 2. The van der Waals surface area contributed by atoms with Gasteiger partial charge in [0.15, 0.2) is 10.9 Å². The molecule has 0 unspecified atom stereocenters. The SMILES string of the molecule is CCc1ccc(C(=O)CSc2nc(-c3ccccc3)cn2N)cc1. The van der Waals surface area contributed by atoms with Crippen LogP contribution in [0.4, 0.5) is 0 Å². The van der Waals surface area contributed by atoms with Crippen molar-refractivity contribution in [2.24, 2.45) is 0 Å². The number of benzene rings is 2. The standard InChI is InChI=1S/C19H19N3OS/c1-2-14-8-10-16(11-9-14)18(23)13-24-19-21-17(12-22(19)20)15-6-4-3-5-7-15/h3-12H,2,13,20H2,1H3. The fraction of sp³-hybridized carbons (Fsp3) is 0.158. The summed E-state index contributed by atoms with van der Waals surface area (Å²) in [6.45, 7) is 2.10. The highest BCUT2D eigenvalue weighted by Crippen LogP contribution is 2.23. The van der Waals surface area contributed by atoms with E-state index in [1.165, 1.54) is 22.0 Å². The van der Waals surface area contributed by atoms with E-state index in [4.69, 9.17) is 5.84 Å². The first kappa shape index (κ1) is 16.3. The Bertz CT molecular complexity index is 826. The quantitative estimate of drug-likeness (QED) is 0.422. The number of nitrogen functional groups attached to an aromatic ring is 1. The summed E-state index contributed by atoms with van der Waals surface area (Å²) in [5.41, 5.74) is 3.76. The Balaban J connectivity index is 1.68. The summed E-state index contributed by atoms with van der Waals surface area (Å²) in [6.07, 6.45) is 2.74. The molecule has 24 heavy (non-hydrogen) atoms. The minimum absolute atomic E-state index is 0.0758. The highest BCUT2D eigenvalue weighted by atomic mass is 32.2. The van der Waals surface area contributed by atoms with E-state index in [1.54, 1.807) is 6.20 Å². The Hall–Kier alpha value is -2.53. The number of carbonyl (C=O) groups is 1. The van der Waals surface area contributed by atoms with Gasteiger partial charge in [0, 0.05) is 11.1 Å². The van der Waals surface area contributed by atoms with E-state index >= 15 is 0 Å². The number of hydrogen-bond acceptors (Lipinski definition) is 4. The molecule has 0 aliphatic heterocycles. The monoisotopic (exact) mass is 337 g/mol. The van der Waals surface area contributed by atoms with Crippen LogP contribution in [0.2, 0.25) is 0 Å². The summed E-state index contributed by atoms with van der Waals surface area (Å²) in [6, 6.07) is 17.6. The van der Waals surface area contributed by atoms with Gasteiger partial charge in [-0.05, 0) is 12.0 Å². The normalized spacial score (nSPS) is 10.7. The number of thioether (sulfide) groups is 1. The average molecular weight is 337 g/mol. The molecule has 4 nitrogen and oxygen atoms in total. The predicted octanol–water partition coefficient (Wildman–Crippen LogP) is 3.80. The first-order chi connectivity index (χ1) is 11.7. The molecule has 0 fully saturated rings. The molecular formula is C19H19N3OS. The van der Waals surface area contributed by atoms with Gasteiger partial charge in [-0.2, -0.15) is 0 Å². The second kappa shape index (κ2) is 7.36. The van der Waals surface area contributed by atoms with Crippen molar-refractivity contribution in [3.8, 4) is 11.3 Å². The number of imidazole rings is 1. The maximum Gasteiger partial charge on any atom is 0.187 e.